The van der Waals surface area contributed by atoms with Gasteiger partial charge in [-0.2, -0.15) is 0 Å². The number of rotatable bonds is 2. The van der Waals surface area contributed by atoms with E-state index in [0.717, 1.165) is 10.4 Å². The average molecular weight is 184 g/mol. The normalized spacial score (nSPS) is 10.2. The Morgan fingerprint density at radius 2 is 1.92 bits per heavy atom. The van der Waals surface area contributed by atoms with Crippen LogP contribution in [0, 0.1) is 20.8 Å². The number of aliphatic carboxylic acids is 1. The van der Waals surface area contributed by atoms with E-state index in [0.29, 0.717) is 0 Å². The van der Waals surface area contributed by atoms with Gasteiger partial charge in [0.1, 0.15) is 0 Å². The van der Waals surface area contributed by atoms with Gasteiger partial charge in [-0.15, -0.1) is 11.3 Å². The molecule has 0 aliphatic rings. The zero-order valence-corrected chi connectivity index (χ0v) is 8.29. The van der Waals surface area contributed by atoms with Gasteiger partial charge in [0.25, 0.3) is 0 Å². The molecule has 0 aromatic carbocycles. The van der Waals surface area contributed by atoms with Crippen molar-refractivity contribution in [2.75, 3.05) is 0 Å². The van der Waals surface area contributed by atoms with Crippen LogP contribution < -0.4 is 0 Å². The topological polar surface area (TPSA) is 37.3 Å². The highest BCUT2D eigenvalue weighted by atomic mass is 32.1. The van der Waals surface area contributed by atoms with Gasteiger partial charge in [-0.25, -0.2) is 0 Å². The molecule has 0 unspecified atom stereocenters. The van der Waals surface area contributed by atoms with Crippen LogP contribution in [0.5, 0.6) is 0 Å². The number of hydrogen-bond acceptors (Lipinski definition) is 2. The number of thiophene rings is 1. The second-order valence-corrected chi connectivity index (χ2v) is 4.21. The van der Waals surface area contributed by atoms with E-state index in [9.17, 15) is 4.79 Å². The van der Waals surface area contributed by atoms with E-state index in [2.05, 4.69) is 0 Å². The Hall–Kier alpha value is -0.830. The van der Waals surface area contributed by atoms with Crippen molar-refractivity contribution in [3.63, 3.8) is 0 Å². The molecule has 1 aromatic heterocycles. The second kappa shape index (κ2) is 3.27. The molecule has 0 bridgehead atoms. The highest BCUT2D eigenvalue weighted by Gasteiger charge is 2.10. The van der Waals surface area contributed by atoms with Gasteiger partial charge in [0.2, 0.25) is 0 Å². The van der Waals surface area contributed by atoms with Crippen LogP contribution >= 0.6 is 11.3 Å². The van der Waals surface area contributed by atoms with Crippen molar-refractivity contribution in [3.05, 3.63) is 20.9 Å². The minimum Gasteiger partial charge on any atom is -0.481 e. The quantitative estimate of drug-likeness (QED) is 0.765. The molecule has 3 heteroatoms. The minimum atomic E-state index is -0.751. The Morgan fingerprint density at radius 3 is 2.25 bits per heavy atom. The lowest BCUT2D eigenvalue weighted by Crippen LogP contribution is -1.99. The van der Waals surface area contributed by atoms with Gasteiger partial charge < -0.3 is 5.11 Å². The van der Waals surface area contributed by atoms with Crippen molar-refractivity contribution < 1.29 is 9.90 Å². The zero-order chi connectivity index (χ0) is 9.30. The van der Waals surface area contributed by atoms with E-state index in [1.165, 1.54) is 10.4 Å². The van der Waals surface area contributed by atoms with Crippen LogP contribution in [0.3, 0.4) is 0 Å². The molecule has 0 aliphatic carbocycles. The van der Waals surface area contributed by atoms with Crippen molar-refractivity contribution in [2.45, 2.75) is 27.2 Å². The molecule has 12 heavy (non-hydrogen) atoms. The number of carboxylic acid groups (broad SMARTS) is 1. The predicted octanol–water partition coefficient (Wildman–Crippen LogP) is 2.30. The summed E-state index contributed by atoms with van der Waals surface area (Å²) in [6.45, 7) is 6.04. The Balaban J connectivity index is 3.01. The second-order valence-electron chi connectivity index (χ2n) is 2.90. The molecule has 2 nitrogen and oxygen atoms in total. The highest BCUT2D eigenvalue weighted by Crippen LogP contribution is 2.26. The summed E-state index contributed by atoms with van der Waals surface area (Å²) in [5.74, 6) is -0.751. The Morgan fingerprint density at radius 1 is 1.33 bits per heavy atom. The van der Waals surface area contributed by atoms with Crippen LogP contribution in [-0.2, 0) is 11.2 Å². The van der Waals surface area contributed by atoms with E-state index < -0.39 is 5.97 Å². The third-order valence-corrected chi connectivity index (χ3v) is 3.41. The lowest BCUT2D eigenvalue weighted by Gasteiger charge is -1.94. The third-order valence-electron chi connectivity index (χ3n) is 2.10. The molecule has 0 radical (unpaired) electrons. The first-order valence-corrected chi connectivity index (χ1v) is 4.61. The fraction of sp³-hybridized carbons (Fsp3) is 0.444. The molecule has 0 fully saturated rings. The first-order chi connectivity index (χ1) is 5.52. The SMILES string of the molecule is Cc1sc(CC(=O)O)c(C)c1C. The monoisotopic (exact) mass is 184 g/mol. The van der Waals surface area contributed by atoms with Crippen molar-refractivity contribution in [1.29, 1.82) is 0 Å². The summed E-state index contributed by atoms with van der Waals surface area (Å²) in [5.41, 5.74) is 2.37. The fourth-order valence-corrected chi connectivity index (χ4v) is 2.29. The maximum Gasteiger partial charge on any atom is 0.308 e. The molecule has 1 N–H and O–H groups in total. The summed E-state index contributed by atoms with van der Waals surface area (Å²) in [6, 6.07) is 0. The lowest BCUT2D eigenvalue weighted by atomic mass is 10.1. The van der Waals surface area contributed by atoms with Gasteiger partial charge in [-0.1, -0.05) is 0 Å². The summed E-state index contributed by atoms with van der Waals surface area (Å²) in [4.78, 5) is 12.7. The van der Waals surface area contributed by atoms with E-state index in [-0.39, 0.29) is 6.42 Å². The molecule has 0 aliphatic heterocycles. The maximum absolute atomic E-state index is 10.4. The smallest absolute Gasteiger partial charge is 0.308 e. The molecule has 0 saturated heterocycles. The van der Waals surface area contributed by atoms with Gasteiger partial charge in [0.15, 0.2) is 0 Å². The maximum atomic E-state index is 10.4. The van der Waals surface area contributed by atoms with Crippen LogP contribution in [0.15, 0.2) is 0 Å². The summed E-state index contributed by atoms with van der Waals surface area (Å²) in [6.07, 6.45) is 0.158. The van der Waals surface area contributed by atoms with Crippen LogP contribution in [0.2, 0.25) is 0 Å². The molecule has 0 saturated carbocycles. The molecule has 1 heterocycles. The number of hydrogen-bond donors (Lipinski definition) is 1. The van der Waals surface area contributed by atoms with Crippen LogP contribution in [-0.4, -0.2) is 11.1 Å². The van der Waals surface area contributed by atoms with Crippen molar-refractivity contribution in [3.8, 4) is 0 Å². The van der Waals surface area contributed by atoms with Gasteiger partial charge in [0.05, 0.1) is 6.42 Å². The van der Waals surface area contributed by atoms with Crippen LogP contribution in [0.1, 0.15) is 20.9 Å². The predicted molar refractivity (Wildman–Crippen MR) is 49.9 cm³/mol. The molecule has 0 atom stereocenters. The van der Waals surface area contributed by atoms with E-state index in [4.69, 9.17) is 5.11 Å². The number of aryl methyl sites for hydroxylation is 1. The number of carbonyl (C=O) groups is 1. The van der Waals surface area contributed by atoms with E-state index in [1.807, 2.05) is 20.8 Å². The standard InChI is InChI=1S/C9H12O2S/c1-5-6(2)8(4-9(10)11)12-7(5)3/h4H2,1-3H3,(H,10,11). The van der Waals surface area contributed by atoms with Crippen LogP contribution in [0.25, 0.3) is 0 Å². The Bertz CT molecular complexity index is 313. The molecular formula is C9H12O2S. The van der Waals surface area contributed by atoms with Crippen molar-refractivity contribution in [2.24, 2.45) is 0 Å². The Labute approximate surface area is 75.9 Å². The molecule has 66 valence electrons. The van der Waals surface area contributed by atoms with Crippen molar-refractivity contribution >= 4 is 17.3 Å². The highest BCUT2D eigenvalue weighted by molar-refractivity contribution is 7.12. The van der Waals surface area contributed by atoms with Gasteiger partial charge in [-0.3, -0.25) is 4.79 Å². The lowest BCUT2D eigenvalue weighted by molar-refractivity contribution is -0.136. The first kappa shape index (κ1) is 9.26. The molecule has 1 aromatic rings. The summed E-state index contributed by atoms with van der Waals surface area (Å²) in [7, 11) is 0. The summed E-state index contributed by atoms with van der Waals surface area (Å²) >= 11 is 1.59. The molecular weight excluding hydrogens is 172 g/mol. The van der Waals surface area contributed by atoms with Gasteiger partial charge in [-0.05, 0) is 31.9 Å². The van der Waals surface area contributed by atoms with Crippen molar-refractivity contribution in [1.82, 2.24) is 0 Å². The minimum absolute atomic E-state index is 0.158. The molecule has 1 rings (SSSR count). The first-order valence-electron chi connectivity index (χ1n) is 3.79. The largest absolute Gasteiger partial charge is 0.481 e. The summed E-state index contributed by atoms with van der Waals surface area (Å²) < 4.78 is 0. The van der Waals surface area contributed by atoms with Gasteiger partial charge >= 0.3 is 5.97 Å². The van der Waals surface area contributed by atoms with Gasteiger partial charge in [0, 0.05) is 9.75 Å². The number of carboxylic acids is 1. The Kier molecular flexibility index (Phi) is 2.52. The molecule has 0 spiro atoms. The third kappa shape index (κ3) is 1.67. The summed E-state index contributed by atoms with van der Waals surface area (Å²) in [5, 5.41) is 8.60. The van der Waals surface area contributed by atoms with E-state index >= 15 is 0 Å². The fourth-order valence-electron chi connectivity index (χ4n) is 1.12. The van der Waals surface area contributed by atoms with Crippen LogP contribution in [0.4, 0.5) is 0 Å². The van der Waals surface area contributed by atoms with E-state index in [1.54, 1.807) is 11.3 Å². The molecule has 0 amide bonds. The average Bonchev–Trinajstić information content (AvgIpc) is 2.17. The zero-order valence-electron chi connectivity index (χ0n) is 7.47.